The maximum atomic E-state index is 11.7. The number of nitrogens with one attached hydrogen (secondary N) is 2. The quantitative estimate of drug-likeness (QED) is 0.329. The van der Waals surface area contributed by atoms with Crippen molar-refractivity contribution in [1.29, 1.82) is 0 Å². The van der Waals surface area contributed by atoms with Crippen LogP contribution in [0.5, 0.6) is 0 Å². The number of carbonyl (C=O) groups excluding carboxylic acids is 1. The van der Waals surface area contributed by atoms with E-state index in [1.165, 1.54) is 23.1 Å². The summed E-state index contributed by atoms with van der Waals surface area (Å²) in [5, 5.41) is 9.03. The molecule has 2 heterocycles. The van der Waals surface area contributed by atoms with Crippen LogP contribution in [0.1, 0.15) is 34.1 Å². The van der Waals surface area contributed by atoms with Crippen molar-refractivity contribution in [2.75, 3.05) is 0 Å². The van der Waals surface area contributed by atoms with Gasteiger partial charge < -0.3 is 0 Å². The topological polar surface area (TPSA) is 106 Å². The second kappa shape index (κ2) is 5.43. The van der Waals surface area contributed by atoms with Gasteiger partial charge in [-0.25, -0.2) is 15.7 Å². The molecule has 7 nitrogen and oxygen atoms in total. The molecule has 0 unspecified atom stereocenters. The average Bonchev–Trinajstić information content (AvgIpc) is 3.05. The van der Waals surface area contributed by atoms with Crippen LogP contribution in [0.4, 0.5) is 0 Å². The number of aromatic nitrogens is 3. The standard InChI is InChI=1S/C11H13N5O2S2/c12-13-9(17)8-6(3-4-19-8)5-20-11-15-14-10(18)16(11)7-1-2-7/h3-4,7H,1-2,5,12H2,(H,13,17)(H,14,18). The fraction of sp³-hybridized carbons (Fsp3) is 0.364. The molecule has 0 atom stereocenters. The van der Waals surface area contributed by atoms with Crippen LogP contribution in [0, 0.1) is 0 Å². The fourth-order valence-corrected chi connectivity index (χ4v) is 3.83. The maximum Gasteiger partial charge on any atom is 0.344 e. The van der Waals surface area contributed by atoms with Gasteiger partial charge in [0, 0.05) is 11.8 Å². The Bertz CT molecular complexity index is 685. The van der Waals surface area contributed by atoms with E-state index < -0.39 is 0 Å². The number of thioether (sulfide) groups is 1. The zero-order valence-corrected chi connectivity index (χ0v) is 12.1. The van der Waals surface area contributed by atoms with E-state index in [2.05, 4.69) is 15.6 Å². The van der Waals surface area contributed by atoms with Gasteiger partial charge in [0.25, 0.3) is 5.91 Å². The third kappa shape index (κ3) is 2.51. The minimum Gasteiger partial charge on any atom is -0.289 e. The molecular formula is C11H13N5O2S2. The monoisotopic (exact) mass is 311 g/mol. The number of rotatable bonds is 5. The predicted molar refractivity (Wildman–Crippen MR) is 76.7 cm³/mol. The second-order valence-electron chi connectivity index (χ2n) is 4.45. The third-order valence-electron chi connectivity index (χ3n) is 3.02. The van der Waals surface area contributed by atoms with E-state index >= 15 is 0 Å². The van der Waals surface area contributed by atoms with Gasteiger partial charge in [-0.3, -0.25) is 14.8 Å². The van der Waals surface area contributed by atoms with Crippen LogP contribution in [0.2, 0.25) is 0 Å². The van der Waals surface area contributed by atoms with Gasteiger partial charge in [0.1, 0.15) is 0 Å². The number of nitrogen functional groups attached to an aromatic ring is 1. The van der Waals surface area contributed by atoms with Gasteiger partial charge in [-0.2, -0.15) is 0 Å². The Morgan fingerprint density at radius 2 is 2.45 bits per heavy atom. The molecule has 9 heteroatoms. The van der Waals surface area contributed by atoms with Crippen molar-refractivity contribution in [3.05, 3.63) is 32.4 Å². The maximum absolute atomic E-state index is 11.7. The van der Waals surface area contributed by atoms with E-state index in [0.29, 0.717) is 15.8 Å². The minimum absolute atomic E-state index is 0.166. The average molecular weight is 311 g/mol. The molecule has 20 heavy (non-hydrogen) atoms. The van der Waals surface area contributed by atoms with Crippen LogP contribution in [0.25, 0.3) is 0 Å². The molecule has 0 aromatic carbocycles. The number of nitrogens with two attached hydrogens (primary N) is 1. The third-order valence-corrected chi connectivity index (χ3v) is 4.98. The number of nitrogens with zero attached hydrogens (tertiary/aromatic N) is 2. The summed E-state index contributed by atoms with van der Waals surface area (Å²) >= 11 is 2.79. The summed E-state index contributed by atoms with van der Waals surface area (Å²) in [6, 6.07) is 2.16. The Balaban J connectivity index is 1.76. The van der Waals surface area contributed by atoms with Crippen LogP contribution >= 0.6 is 23.1 Å². The van der Waals surface area contributed by atoms with Crippen molar-refractivity contribution in [3.8, 4) is 0 Å². The Morgan fingerprint density at radius 1 is 1.65 bits per heavy atom. The molecule has 1 saturated carbocycles. The first-order chi connectivity index (χ1) is 9.70. The van der Waals surface area contributed by atoms with E-state index in [9.17, 15) is 9.59 Å². The molecule has 4 N–H and O–H groups in total. The SMILES string of the molecule is NNC(=O)c1sccc1CSc1n[nH]c(=O)n1C1CC1. The summed E-state index contributed by atoms with van der Waals surface area (Å²) < 4.78 is 1.69. The summed E-state index contributed by atoms with van der Waals surface area (Å²) in [4.78, 5) is 23.8. The van der Waals surface area contributed by atoms with Crippen LogP contribution in [0.15, 0.2) is 21.4 Å². The first kappa shape index (κ1) is 13.4. The lowest BCUT2D eigenvalue weighted by molar-refractivity contribution is 0.0957. The summed E-state index contributed by atoms with van der Waals surface area (Å²) in [7, 11) is 0. The number of hydrogen-bond acceptors (Lipinski definition) is 6. The van der Waals surface area contributed by atoms with Crippen molar-refractivity contribution in [1.82, 2.24) is 20.2 Å². The number of carbonyl (C=O) groups is 1. The van der Waals surface area contributed by atoms with Crippen LogP contribution in [-0.2, 0) is 5.75 Å². The van der Waals surface area contributed by atoms with Crippen molar-refractivity contribution >= 4 is 29.0 Å². The Morgan fingerprint density at radius 3 is 3.15 bits per heavy atom. The molecule has 0 saturated heterocycles. The summed E-state index contributed by atoms with van der Waals surface area (Å²) in [6.45, 7) is 0. The Labute approximate surface area is 122 Å². The van der Waals surface area contributed by atoms with Gasteiger partial charge in [-0.05, 0) is 29.9 Å². The van der Waals surface area contributed by atoms with Crippen molar-refractivity contribution < 1.29 is 4.79 Å². The van der Waals surface area contributed by atoms with E-state index in [4.69, 9.17) is 5.84 Å². The molecule has 1 aliphatic carbocycles. The number of hydrogen-bond donors (Lipinski definition) is 3. The molecule has 2 aromatic rings. The van der Waals surface area contributed by atoms with E-state index in [1.807, 2.05) is 11.4 Å². The van der Waals surface area contributed by atoms with Gasteiger partial charge in [0.2, 0.25) is 0 Å². The number of hydrazine groups is 1. The summed E-state index contributed by atoms with van der Waals surface area (Å²) in [6.07, 6.45) is 2.04. The van der Waals surface area contributed by atoms with Crippen molar-refractivity contribution in [2.24, 2.45) is 5.84 Å². The van der Waals surface area contributed by atoms with Gasteiger partial charge in [-0.1, -0.05) is 11.8 Å². The predicted octanol–water partition coefficient (Wildman–Crippen LogP) is 0.864. The van der Waals surface area contributed by atoms with Crippen LogP contribution < -0.4 is 17.0 Å². The molecular weight excluding hydrogens is 298 g/mol. The first-order valence-corrected chi connectivity index (χ1v) is 7.94. The normalized spacial score (nSPS) is 14.4. The summed E-state index contributed by atoms with van der Waals surface area (Å²) in [5.74, 6) is 5.43. The van der Waals surface area contributed by atoms with E-state index in [1.54, 1.807) is 4.57 Å². The molecule has 0 aliphatic heterocycles. The van der Waals surface area contributed by atoms with Gasteiger partial charge >= 0.3 is 5.69 Å². The van der Waals surface area contributed by atoms with Gasteiger partial charge in [0.05, 0.1) is 4.88 Å². The molecule has 1 aliphatic rings. The first-order valence-electron chi connectivity index (χ1n) is 6.07. The highest BCUT2D eigenvalue weighted by Crippen LogP contribution is 2.36. The van der Waals surface area contributed by atoms with Crippen LogP contribution in [-0.4, -0.2) is 20.7 Å². The number of thiophene rings is 1. The highest BCUT2D eigenvalue weighted by atomic mass is 32.2. The highest BCUT2D eigenvalue weighted by Gasteiger charge is 2.28. The lowest BCUT2D eigenvalue weighted by atomic mass is 10.3. The number of amides is 1. The van der Waals surface area contributed by atoms with Crippen LogP contribution in [0.3, 0.4) is 0 Å². The molecule has 0 spiro atoms. The molecule has 2 aromatic heterocycles. The number of H-pyrrole nitrogens is 1. The Kier molecular flexibility index (Phi) is 3.64. The molecule has 1 amide bonds. The molecule has 106 valence electrons. The molecule has 3 rings (SSSR count). The Hall–Kier alpha value is -1.58. The van der Waals surface area contributed by atoms with Crippen molar-refractivity contribution in [2.45, 2.75) is 29.8 Å². The van der Waals surface area contributed by atoms with E-state index in [-0.39, 0.29) is 17.6 Å². The largest absolute Gasteiger partial charge is 0.344 e. The van der Waals surface area contributed by atoms with E-state index in [0.717, 1.165) is 18.4 Å². The highest BCUT2D eigenvalue weighted by molar-refractivity contribution is 7.98. The lowest BCUT2D eigenvalue weighted by Gasteiger charge is -2.04. The lowest BCUT2D eigenvalue weighted by Crippen LogP contribution is -2.29. The zero-order valence-electron chi connectivity index (χ0n) is 10.5. The molecule has 0 radical (unpaired) electrons. The van der Waals surface area contributed by atoms with Crippen molar-refractivity contribution in [3.63, 3.8) is 0 Å². The smallest absolute Gasteiger partial charge is 0.289 e. The molecule has 1 fully saturated rings. The summed E-state index contributed by atoms with van der Waals surface area (Å²) in [5.41, 5.74) is 2.86. The fourth-order valence-electron chi connectivity index (χ4n) is 1.90. The minimum atomic E-state index is -0.294. The second-order valence-corrected chi connectivity index (χ2v) is 6.31. The van der Waals surface area contributed by atoms with Gasteiger partial charge in [0.15, 0.2) is 5.16 Å². The molecule has 0 bridgehead atoms. The zero-order chi connectivity index (χ0) is 14.1. The number of aromatic amines is 1. The van der Waals surface area contributed by atoms with Gasteiger partial charge in [-0.15, -0.1) is 16.4 Å².